The average molecular weight is 446 g/mol. The van der Waals surface area contributed by atoms with Crippen molar-refractivity contribution in [2.75, 3.05) is 18.2 Å². The van der Waals surface area contributed by atoms with E-state index in [9.17, 15) is 9.18 Å². The molecule has 0 radical (unpaired) electrons. The number of methoxy groups -OCH3 is 1. The Hall–Kier alpha value is -2.38. The summed E-state index contributed by atoms with van der Waals surface area (Å²) in [6.07, 6.45) is 3.97. The molecule has 0 atom stereocenters. The van der Waals surface area contributed by atoms with Crippen LogP contribution in [0.2, 0.25) is 5.02 Å². The third-order valence-corrected chi connectivity index (χ3v) is 6.39. The van der Waals surface area contributed by atoms with Crippen LogP contribution in [0, 0.1) is 5.82 Å². The SMILES string of the molecule is COc1ccc(NC(=O)CSC2=NC3(CCCC3)N=C2c2ccc(F)cc2)cc1Cl. The van der Waals surface area contributed by atoms with Crippen LogP contribution in [0.4, 0.5) is 10.1 Å². The molecule has 1 aliphatic heterocycles. The number of ether oxygens (including phenoxy) is 1. The number of aliphatic imine (C=N–C) groups is 2. The molecular formula is C22H21ClFN3O2S. The largest absolute Gasteiger partial charge is 0.495 e. The summed E-state index contributed by atoms with van der Waals surface area (Å²) >= 11 is 7.46. The molecule has 5 nitrogen and oxygen atoms in total. The van der Waals surface area contributed by atoms with Crippen LogP contribution in [0.3, 0.4) is 0 Å². The van der Waals surface area contributed by atoms with E-state index in [0.29, 0.717) is 16.5 Å². The molecule has 2 aromatic carbocycles. The molecule has 8 heteroatoms. The quantitative estimate of drug-likeness (QED) is 0.676. The van der Waals surface area contributed by atoms with Gasteiger partial charge in [-0.15, -0.1) is 0 Å². The first kappa shape index (κ1) is 20.9. The number of thioether (sulfide) groups is 1. The lowest BCUT2D eigenvalue weighted by molar-refractivity contribution is -0.113. The number of hydrogen-bond donors (Lipinski definition) is 1. The molecule has 4 rings (SSSR count). The molecule has 1 saturated carbocycles. The van der Waals surface area contributed by atoms with Gasteiger partial charge >= 0.3 is 0 Å². The number of carbonyl (C=O) groups excluding carboxylic acids is 1. The number of amides is 1. The number of rotatable bonds is 5. The van der Waals surface area contributed by atoms with Crippen LogP contribution in [0.15, 0.2) is 52.4 Å². The van der Waals surface area contributed by atoms with E-state index < -0.39 is 5.66 Å². The Morgan fingerprint density at radius 1 is 1.20 bits per heavy atom. The maximum absolute atomic E-state index is 13.4. The fourth-order valence-electron chi connectivity index (χ4n) is 3.66. The van der Waals surface area contributed by atoms with Crippen molar-refractivity contribution >= 4 is 45.7 Å². The second-order valence-electron chi connectivity index (χ2n) is 7.26. The zero-order chi connectivity index (χ0) is 21.1. The number of nitrogens with one attached hydrogen (secondary N) is 1. The zero-order valence-electron chi connectivity index (χ0n) is 16.5. The number of carbonyl (C=O) groups is 1. The van der Waals surface area contributed by atoms with Gasteiger partial charge in [0.05, 0.1) is 23.6 Å². The van der Waals surface area contributed by atoms with Crippen LogP contribution in [-0.2, 0) is 4.79 Å². The molecule has 1 amide bonds. The molecular weight excluding hydrogens is 425 g/mol. The van der Waals surface area contributed by atoms with E-state index in [1.54, 1.807) is 30.3 Å². The van der Waals surface area contributed by atoms with Crippen LogP contribution in [0.1, 0.15) is 31.2 Å². The third-order valence-electron chi connectivity index (χ3n) is 5.13. The molecule has 2 aliphatic rings. The minimum Gasteiger partial charge on any atom is -0.495 e. The highest BCUT2D eigenvalue weighted by Crippen LogP contribution is 2.40. The van der Waals surface area contributed by atoms with E-state index in [1.165, 1.54) is 31.0 Å². The van der Waals surface area contributed by atoms with Crippen molar-refractivity contribution in [3.63, 3.8) is 0 Å². The lowest BCUT2D eigenvalue weighted by Gasteiger charge is -2.14. The van der Waals surface area contributed by atoms with Crippen molar-refractivity contribution < 1.29 is 13.9 Å². The molecule has 1 spiro atoms. The average Bonchev–Trinajstić information content (AvgIpc) is 3.34. The summed E-state index contributed by atoms with van der Waals surface area (Å²) in [5, 5.41) is 3.99. The Labute approximate surface area is 183 Å². The number of hydrogen-bond acceptors (Lipinski definition) is 5. The van der Waals surface area contributed by atoms with Gasteiger partial charge in [-0.25, -0.2) is 9.38 Å². The Balaban J connectivity index is 1.46. The Morgan fingerprint density at radius 2 is 1.93 bits per heavy atom. The minimum absolute atomic E-state index is 0.172. The Morgan fingerprint density at radius 3 is 2.60 bits per heavy atom. The van der Waals surface area contributed by atoms with Gasteiger partial charge in [-0.2, -0.15) is 0 Å². The van der Waals surface area contributed by atoms with Gasteiger partial charge in [0.25, 0.3) is 0 Å². The molecule has 1 aliphatic carbocycles. The first-order chi connectivity index (χ1) is 14.5. The molecule has 156 valence electrons. The highest BCUT2D eigenvalue weighted by molar-refractivity contribution is 8.16. The molecule has 1 fully saturated rings. The fraction of sp³-hybridized carbons (Fsp3) is 0.318. The molecule has 0 saturated heterocycles. The zero-order valence-corrected chi connectivity index (χ0v) is 18.0. The standard InChI is InChI=1S/C22H21ClFN3O2S/c1-29-18-9-8-16(12-17(18)23)25-19(28)13-30-21-20(14-4-6-15(24)7-5-14)26-22(27-21)10-2-3-11-22/h4-9,12H,2-3,10-11,13H2,1H3,(H,25,28). The van der Waals surface area contributed by atoms with Crippen molar-refractivity contribution in [3.8, 4) is 5.75 Å². The monoisotopic (exact) mass is 445 g/mol. The summed E-state index contributed by atoms with van der Waals surface area (Å²) in [5.74, 6) is 0.261. The summed E-state index contributed by atoms with van der Waals surface area (Å²) < 4.78 is 18.5. The summed E-state index contributed by atoms with van der Waals surface area (Å²) in [6.45, 7) is 0. The van der Waals surface area contributed by atoms with Crippen LogP contribution in [0.25, 0.3) is 0 Å². The van der Waals surface area contributed by atoms with E-state index >= 15 is 0 Å². The number of benzene rings is 2. The molecule has 1 heterocycles. The number of anilines is 1. The summed E-state index contributed by atoms with van der Waals surface area (Å²) in [6, 6.07) is 11.3. The van der Waals surface area contributed by atoms with E-state index in [1.807, 2.05) is 0 Å². The predicted octanol–water partition coefficient (Wildman–Crippen LogP) is 5.33. The van der Waals surface area contributed by atoms with Crippen LogP contribution in [-0.4, -0.2) is 35.2 Å². The molecule has 0 aromatic heterocycles. The lowest BCUT2D eigenvalue weighted by atomic mass is 10.1. The first-order valence-corrected chi connectivity index (χ1v) is 11.1. The van der Waals surface area contributed by atoms with Crippen molar-refractivity contribution in [2.45, 2.75) is 31.3 Å². The highest BCUT2D eigenvalue weighted by Gasteiger charge is 2.39. The van der Waals surface area contributed by atoms with Crippen molar-refractivity contribution in [1.82, 2.24) is 0 Å². The maximum atomic E-state index is 13.4. The lowest BCUT2D eigenvalue weighted by Crippen LogP contribution is -2.17. The van der Waals surface area contributed by atoms with Crippen molar-refractivity contribution in [1.29, 1.82) is 0 Å². The van der Waals surface area contributed by atoms with Crippen LogP contribution < -0.4 is 10.1 Å². The number of halogens is 2. The maximum Gasteiger partial charge on any atom is 0.234 e. The predicted molar refractivity (Wildman–Crippen MR) is 121 cm³/mol. The molecule has 2 aromatic rings. The van der Waals surface area contributed by atoms with Gasteiger partial charge in [-0.1, -0.05) is 23.4 Å². The van der Waals surface area contributed by atoms with Gasteiger partial charge in [0.2, 0.25) is 5.91 Å². The van der Waals surface area contributed by atoms with Crippen LogP contribution in [0.5, 0.6) is 5.75 Å². The second kappa shape index (κ2) is 8.78. The highest BCUT2D eigenvalue weighted by atomic mass is 35.5. The number of nitrogens with zero attached hydrogens (tertiary/aromatic N) is 2. The summed E-state index contributed by atoms with van der Waals surface area (Å²) in [5.41, 5.74) is 1.72. The molecule has 0 unspecified atom stereocenters. The Bertz CT molecular complexity index is 1020. The summed E-state index contributed by atoms with van der Waals surface area (Å²) in [4.78, 5) is 22.3. The minimum atomic E-state index is -0.425. The first-order valence-electron chi connectivity index (χ1n) is 9.70. The molecule has 1 N–H and O–H groups in total. The molecule has 0 bridgehead atoms. The van der Waals surface area contributed by atoms with Gasteiger partial charge < -0.3 is 10.1 Å². The fourth-order valence-corrected chi connectivity index (χ4v) is 4.79. The van der Waals surface area contributed by atoms with Gasteiger partial charge in [0.1, 0.15) is 16.6 Å². The van der Waals surface area contributed by atoms with Gasteiger partial charge in [-0.3, -0.25) is 9.79 Å². The smallest absolute Gasteiger partial charge is 0.234 e. The van der Waals surface area contributed by atoms with E-state index in [-0.39, 0.29) is 17.5 Å². The Kier molecular flexibility index (Phi) is 6.11. The van der Waals surface area contributed by atoms with Crippen LogP contribution >= 0.6 is 23.4 Å². The van der Waals surface area contributed by atoms with Gasteiger partial charge in [0, 0.05) is 11.3 Å². The van der Waals surface area contributed by atoms with Crippen molar-refractivity contribution in [2.24, 2.45) is 9.98 Å². The van der Waals surface area contributed by atoms with Crippen molar-refractivity contribution in [3.05, 3.63) is 58.9 Å². The second-order valence-corrected chi connectivity index (χ2v) is 8.63. The van der Waals surface area contributed by atoms with E-state index in [4.69, 9.17) is 26.3 Å². The van der Waals surface area contributed by atoms with E-state index in [0.717, 1.165) is 42.0 Å². The topological polar surface area (TPSA) is 63.0 Å². The normalized spacial score (nSPS) is 17.0. The van der Waals surface area contributed by atoms with E-state index in [2.05, 4.69) is 5.32 Å². The third kappa shape index (κ3) is 4.52. The molecule has 30 heavy (non-hydrogen) atoms. The van der Waals surface area contributed by atoms with Gasteiger partial charge in [0.15, 0.2) is 5.66 Å². The van der Waals surface area contributed by atoms with Gasteiger partial charge in [-0.05, 0) is 68.1 Å². The summed E-state index contributed by atoms with van der Waals surface area (Å²) in [7, 11) is 1.54.